The van der Waals surface area contributed by atoms with Crippen LogP contribution >= 0.6 is 0 Å². The predicted molar refractivity (Wildman–Crippen MR) is 106 cm³/mol. The summed E-state index contributed by atoms with van der Waals surface area (Å²) in [6.07, 6.45) is 13.8. The quantitative estimate of drug-likeness (QED) is 0.291. The summed E-state index contributed by atoms with van der Waals surface area (Å²) in [4.78, 5) is 22.4. The van der Waals surface area contributed by atoms with Crippen LogP contribution in [-0.4, -0.2) is 36.2 Å². The molecule has 5 heteroatoms. The summed E-state index contributed by atoms with van der Waals surface area (Å²) in [5.74, 6) is -0.212. The van der Waals surface area contributed by atoms with Crippen LogP contribution in [0.1, 0.15) is 104 Å². The number of unbranched alkanes of at least 4 members (excludes halogenated alkanes) is 9. The van der Waals surface area contributed by atoms with E-state index in [1.54, 1.807) is 0 Å². The summed E-state index contributed by atoms with van der Waals surface area (Å²) >= 11 is 0. The van der Waals surface area contributed by atoms with E-state index in [2.05, 4.69) is 17.0 Å². The van der Waals surface area contributed by atoms with E-state index >= 15 is 0 Å². The first-order valence-electron chi connectivity index (χ1n) is 10.5. The Bertz CT molecular complexity index is 360. The normalized spacial score (nSPS) is 13.2. The third kappa shape index (κ3) is 15.2. The fraction of sp³-hybridized carbons (Fsp3) is 0.905. The van der Waals surface area contributed by atoms with Gasteiger partial charge in [0.2, 0.25) is 5.91 Å². The molecule has 0 aliphatic heterocycles. The number of hydrogen-bond donors (Lipinski definition) is 2. The Morgan fingerprint density at radius 1 is 0.885 bits per heavy atom. The molecule has 0 aliphatic carbocycles. The van der Waals surface area contributed by atoms with Gasteiger partial charge in [0.1, 0.15) is 0 Å². The second-order valence-corrected chi connectivity index (χ2v) is 7.31. The van der Waals surface area contributed by atoms with Crippen molar-refractivity contribution in [2.24, 2.45) is 0 Å². The zero-order chi connectivity index (χ0) is 19.6. The summed E-state index contributed by atoms with van der Waals surface area (Å²) < 4.78 is 4.62. The maximum atomic E-state index is 11.4. The molecule has 0 aliphatic rings. The van der Waals surface area contributed by atoms with E-state index in [4.69, 9.17) is 0 Å². The van der Waals surface area contributed by atoms with Gasteiger partial charge in [0, 0.05) is 13.3 Å². The zero-order valence-electron chi connectivity index (χ0n) is 17.2. The number of hydrogen-bond acceptors (Lipinski definition) is 4. The lowest BCUT2D eigenvalue weighted by atomic mass is 9.97. The average Bonchev–Trinajstić information content (AvgIpc) is 2.61. The molecule has 0 saturated heterocycles. The molecule has 0 saturated carbocycles. The number of esters is 1. The van der Waals surface area contributed by atoms with Gasteiger partial charge >= 0.3 is 5.97 Å². The minimum Gasteiger partial charge on any atom is -0.469 e. The molecular formula is C21H41NO4. The zero-order valence-corrected chi connectivity index (χ0v) is 17.2. The average molecular weight is 372 g/mol. The molecule has 2 atom stereocenters. The van der Waals surface area contributed by atoms with E-state index in [1.165, 1.54) is 46.1 Å². The first-order valence-corrected chi connectivity index (χ1v) is 10.5. The number of methoxy groups -OCH3 is 1. The van der Waals surface area contributed by atoms with Gasteiger partial charge in [0.15, 0.2) is 0 Å². The molecule has 0 radical (unpaired) electrons. The van der Waals surface area contributed by atoms with Crippen LogP contribution in [0.25, 0.3) is 0 Å². The predicted octanol–water partition coefficient (Wildman–Crippen LogP) is 4.51. The summed E-state index contributed by atoms with van der Waals surface area (Å²) in [5.41, 5.74) is 0. The van der Waals surface area contributed by atoms with Crippen LogP contribution in [-0.2, 0) is 14.3 Å². The molecule has 1 amide bonds. The van der Waals surface area contributed by atoms with Gasteiger partial charge in [0.05, 0.1) is 19.3 Å². The fourth-order valence-electron chi connectivity index (χ4n) is 3.22. The van der Waals surface area contributed by atoms with Crippen molar-refractivity contribution in [1.82, 2.24) is 5.32 Å². The lowest BCUT2D eigenvalue weighted by molar-refractivity contribution is -0.140. The molecule has 0 aromatic rings. The highest BCUT2D eigenvalue weighted by Crippen LogP contribution is 2.15. The van der Waals surface area contributed by atoms with Crippen LogP contribution in [0.4, 0.5) is 0 Å². The second kappa shape index (κ2) is 17.3. The van der Waals surface area contributed by atoms with Crippen LogP contribution in [0.5, 0.6) is 0 Å². The Morgan fingerprint density at radius 2 is 1.42 bits per heavy atom. The van der Waals surface area contributed by atoms with E-state index in [-0.39, 0.29) is 17.9 Å². The summed E-state index contributed by atoms with van der Waals surface area (Å²) in [7, 11) is 1.42. The monoisotopic (exact) mass is 371 g/mol. The van der Waals surface area contributed by atoms with E-state index < -0.39 is 6.10 Å². The number of rotatable bonds is 17. The van der Waals surface area contributed by atoms with Gasteiger partial charge in [-0.05, 0) is 19.3 Å². The number of aliphatic hydroxyl groups is 1. The van der Waals surface area contributed by atoms with Crippen molar-refractivity contribution in [3.8, 4) is 0 Å². The maximum absolute atomic E-state index is 11.4. The van der Waals surface area contributed by atoms with Gasteiger partial charge in [-0.1, -0.05) is 71.1 Å². The Morgan fingerprint density at radius 3 is 2.00 bits per heavy atom. The molecule has 26 heavy (non-hydrogen) atoms. The van der Waals surface area contributed by atoms with Crippen LogP contribution in [0, 0.1) is 0 Å². The van der Waals surface area contributed by atoms with Gasteiger partial charge in [-0.2, -0.15) is 0 Å². The van der Waals surface area contributed by atoms with Crippen molar-refractivity contribution >= 4 is 11.9 Å². The number of aliphatic hydroxyl groups excluding tert-OH is 1. The largest absolute Gasteiger partial charge is 0.469 e. The highest BCUT2D eigenvalue weighted by atomic mass is 16.5. The third-order valence-corrected chi connectivity index (χ3v) is 4.83. The highest BCUT2D eigenvalue weighted by Gasteiger charge is 2.19. The van der Waals surface area contributed by atoms with Gasteiger partial charge in [-0.15, -0.1) is 0 Å². The molecule has 2 N–H and O–H groups in total. The van der Waals surface area contributed by atoms with Gasteiger partial charge in [-0.3, -0.25) is 9.59 Å². The van der Waals surface area contributed by atoms with Crippen molar-refractivity contribution in [3.05, 3.63) is 0 Å². The van der Waals surface area contributed by atoms with Crippen molar-refractivity contribution in [3.63, 3.8) is 0 Å². The standard InChI is InChI=1S/C21H41NO4/c1-4-5-6-7-9-12-15-19(22-18(2)23)20(24)16-13-10-8-11-14-17-21(25)26-3/h19-20,24H,4-17H2,1-3H3,(H,22,23). The number of carbonyl (C=O) groups excluding carboxylic acids is 2. The molecule has 0 bridgehead atoms. The fourth-order valence-corrected chi connectivity index (χ4v) is 3.22. The lowest BCUT2D eigenvalue weighted by Gasteiger charge is -2.24. The highest BCUT2D eigenvalue weighted by molar-refractivity contribution is 5.73. The number of ether oxygens (including phenoxy) is 1. The number of nitrogens with one attached hydrogen (secondary N) is 1. The minimum absolute atomic E-state index is 0.0668. The topological polar surface area (TPSA) is 75.6 Å². The smallest absolute Gasteiger partial charge is 0.305 e. The van der Waals surface area contributed by atoms with E-state index in [9.17, 15) is 14.7 Å². The number of carbonyl (C=O) groups is 2. The molecule has 0 spiro atoms. The molecule has 5 nitrogen and oxygen atoms in total. The van der Waals surface area contributed by atoms with E-state index in [0.29, 0.717) is 6.42 Å². The van der Waals surface area contributed by atoms with Gasteiger partial charge < -0.3 is 15.2 Å². The number of amides is 1. The molecule has 0 aromatic carbocycles. The first kappa shape index (κ1) is 24.9. The summed E-state index contributed by atoms with van der Waals surface area (Å²) in [6, 6.07) is -0.127. The summed E-state index contributed by atoms with van der Waals surface area (Å²) in [5, 5.41) is 13.4. The van der Waals surface area contributed by atoms with Crippen molar-refractivity contribution in [1.29, 1.82) is 0 Å². The van der Waals surface area contributed by atoms with Crippen LogP contribution < -0.4 is 5.32 Å². The SMILES string of the molecule is CCCCCCCCC(NC(C)=O)C(O)CCCCCCCC(=O)OC. The van der Waals surface area contributed by atoms with Crippen LogP contribution in [0.2, 0.25) is 0 Å². The lowest BCUT2D eigenvalue weighted by Crippen LogP contribution is -2.42. The van der Waals surface area contributed by atoms with E-state index in [0.717, 1.165) is 51.4 Å². The minimum atomic E-state index is -0.468. The maximum Gasteiger partial charge on any atom is 0.305 e. The molecule has 0 heterocycles. The van der Waals surface area contributed by atoms with Gasteiger partial charge in [-0.25, -0.2) is 0 Å². The first-order chi connectivity index (χ1) is 12.5. The molecule has 0 aromatic heterocycles. The Balaban J connectivity index is 3.87. The van der Waals surface area contributed by atoms with Crippen molar-refractivity contribution in [2.75, 3.05) is 7.11 Å². The molecule has 0 fully saturated rings. The van der Waals surface area contributed by atoms with Gasteiger partial charge in [0.25, 0.3) is 0 Å². The third-order valence-electron chi connectivity index (χ3n) is 4.83. The molecule has 154 valence electrons. The van der Waals surface area contributed by atoms with E-state index in [1.807, 2.05) is 0 Å². The van der Waals surface area contributed by atoms with Crippen molar-refractivity contribution < 1.29 is 19.4 Å². The summed E-state index contributed by atoms with van der Waals surface area (Å²) in [6.45, 7) is 3.73. The van der Waals surface area contributed by atoms with Crippen LogP contribution in [0.3, 0.4) is 0 Å². The molecular weight excluding hydrogens is 330 g/mol. The molecule has 0 rings (SSSR count). The van der Waals surface area contributed by atoms with Crippen LogP contribution in [0.15, 0.2) is 0 Å². The molecule has 2 unspecified atom stereocenters. The second-order valence-electron chi connectivity index (χ2n) is 7.31. The Labute approximate surface area is 160 Å². The Hall–Kier alpha value is -1.10. The Kier molecular flexibility index (Phi) is 16.6. The van der Waals surface area contributed by atoms with Crippen molar-refractivity contribution in [2.45, 2.75) is 116 Å².